The van der Waals surface area contributed by atoms with Crippen LogP contribution in [0.15, 0.2) is 45.4 Å². The highest BCUT2D eigenvalue weighted by Crippen LogP contribution is 2.34. The molecule has 0 unspecified atom stereocenters. The van der Waals surface area contributed by atoms with Crippen molar-refractivity contribution in [3.05, 3.63) is 46.5 Å². The van der Waals surface area contributed by atoms with Crippen molar-refractivity contribution in [1.82, 2.24) is 10.2 Å². The van der Waals surface area contributed by atoms with Gasteiger partial charge in [0.15, 0.2) is 6.29 Å². The Morgan fingerprint density at radius 3 is 2.59 bits per heavy atom. The molecule has 0 amide bonds. The summed E-state index contributed by atoms with van der Waals surface area (Å²) in [6, 6.07) is 5.45. The minimum atomic E-state index is -2.63. The monoisotopic (exact) mass is 591 g/mol. The molecule has 230 valence electrons. The fraction of sp³-hybridized carbons (Fsp3) is 0.594. The first-order valence-electron chi connectivity index (χ1n) is 14.7. The first-order chi connectivity index (χ1) is 19.9. The van der Waals surface area contributed by atoms with Gasteiger partial charge in [0.05, 0.1) is 17.1 Å². The van der Waals surface area contributed by atoms with Gasteiger partial charge in [0.2, 0.25) is 0 Å². The first kappa shape index (κ1) is 36.8. The molecule has 0 saturated heterocycles. The molecule has 0 aromatic heterocycles. The Morgan fingerprint density at radius 2 is 1.98 bits per heavy atom. The number of carbonyl (C=O) groups excluding carboxylic acids is 1. The average molecular weight is 592 g/mol. The lowest BCUT2D eigenvalue weighted by molar-refractivity contribution is 0.0193. The van der Waals surface area contributed by atoms with Crippen LogP contribution in [-0.4, -0.2) is 76.1 Å². The highest BCUT2D eigenvalue weighted by Gasteiger charge is 2.30. The van der Waals surface area contributed by atoms with Crippen LogP contribution in [0.4, 0.5) is 14.5 Å². The molecule has 0 radical (unpaired) electrons. The van der Waals surface area contributed by atoms with Gasteiger partial charge in [0, 0.05) is 48.3 Å². The summed E-state index contributed by atoms with van der Waals surface area (Å²) in [5, 5.41) is 2.79. The van der Waals surface area contributed by atoms with Gasteiger partial charge in [0.25, 0.3) is 5.92 Å². The number of rotatable bonds is 14. The number of aldehydes is 1. The Labute approximate surface area is 251 Å². The maximum absolute atomic E-state index is 13.9. The van der Waals surface area contributed by atoms with Crippen LogP contribution in [0.5, 0.6) is 0 Å². The van der Waals surface area contributed by atoms with Gasteiger partial charge < -0.3 is 11.1 Å². The van der Waals surface area contributed by atoms with E-state index in [1.165, 1.54) is 57.3 Å². The van der Waals surface area contributed by atoms with E-state index in [4.69, 9.17) is 0 Å². The van der Waals surface area contributed by atoms with Crippen LogP contribution in [-0.2, 0) is 0 Å². The Morgan fingerprint density at radius 1 is 1.24 bits per heavy atom. The van der Waals surface area contributed by atoms with Crippen molar-refractivity contribution in [3.63, 3.8) is 0 Å². The number of benzene rings is 1. The Hall–Kier alpha value is -2.20. The fourth-order valence-corrected chi connectivity index (χ4v) is 5.94. The summed E-state index contributed by atoms with van der Waals surface area (Å²) in [5.74, 6) is -1.92. The van der Waals surface area contributed by atoms with Crippen LogP contribution in [0.2, 0.25) is 0 Å². The fourth-order valence-electron chi connectivity index (χ4n) is 4.88. The summed E-state index contributed by atoms with van der Waals surface area (Å²) in [5.41, 5.74) is 7.63. The maximum atomic E-state index is 13.9. The summed E-state index contributed by atoms with van der Waals surface area (Å²) in [7, 11) is 3.20. The zero-order chi connectivity index (χ0) is 30.5. The second-order valence-corrected chi connectivity index (χ2v) is 11.2. The third-order valence-corrected chi connectivity index (χ3v) is 8.53. The molecule has 0 bridgehead atoms. The molecule has 0 atom stereocenters. The van der Waals surface area contributed by atoms with E-state index in [0.29, 0.717) is 12.1 Å². The summed E-state index contributed by atoms with van der Waals surface area (Å²) >= 11 is 1.28. The molecule has 2 aliphatic rings. The van der Waals surface area contributed by atoms with Crippen molar-refractivity contribution < 1.29 is 13.6 Å². The molecule has 1 fully saturated rings. The van der Waals surface area contributed by atoms with Crippen LogP contribution in [0, 0.1) is 5.92 Å². The number of hydrogen-bond acceptors (Lipinski definition) is 7. The van der Waals surface area contributed by atoms with E-state index in [0.717, 1.165) is 66.5 Å². The summed E-state index contributed by atoms with van der Waals surface area (Å²) in [4.78, 5) is 22.5. The topological polar surface area (TPSA) is 83.1 Å². The van der Waals surface area contributed by atoms with E-state index >= 15 is 0 Å². The zero-order valence-corrected chi connectivity index (χ0v) is 26.2. The van der Waals surface area contributed by atoms with Crippen molar-refractivity contribution >= 4 is 42.7 Å². The minimum Gasteiger partial charge on any atom is -0.333 e. The first-order valence-corrected chi connectivity index (χ1v) is 15.7. The van der Waals surface area contributed by atoms with Gasteiger partial charge in [-0.3, -0.25) is 19.7 Å². The summed E-state index contributed by atoms with van der Waals surface area (Å²) < 4.78 is 27.7. The minimum absolute atomic E-state index is 0.117. The van der Waals surface area contributed by atoms with Gasteiger partial charge in [-0.2, -0.15) is 0 Å². The van der Waals surface area contributed by atoms with E-state index in [9.17, 15) is 13.6 Å². The summed E-state index contributed by atoms with van der Waals surface area (Å²) in [6.07, 6.45) is 14.0. The number of nitrogens with two attached hydrogens (primary N) is 1. The van der Waals surface area contributed by atoms with Crippen molar-refractivity contribution in [2.75, 3.05) is 46.0 Å². The molecule has 1 heterocycles. The number of hydrogen-bond donors (Lipinski definition) is 2. The van der Waals surface area contributed by atoms with E-state index in [2.05, 4.69) is 39.2 Å². The number of alkyl halides is 2. The SMILES string of the molecule is C=Cc1c(C=O)cccc1N=CCC.C=NC1=C(SCC(F)(F)CCNC)CCN(CCC2CCCCC2)C1.CN. The molecular weight excluding hydrogens is 540 g/mol. The van der Waals surface area contributed by atoms with Gasteiger partial charge in [0.1, 0.15) is 0 Å². The Kier molecular flexibility index (Phi) is 19.3. The van der Waals surface area contributed by atoms with E-state index < -0.39 is 5.92 Å². The van der Waals surface area contributed by atoms with Gasteiger partial charge in [-0.15, -0.1) is 11.8 Å². The van der Waals surface area contributed by atoms with E-state index in [1.54, 1.807) is 19.2 Å². The highest BCUT2D eigenvalue weighted by atomic mass is 32.2. The number of aliphatic imine (C=N–C) groups is 2. The standard InChI is InChI=1S/C19H33F2N3S.C12H13NO.CH5N/c1-22-11-10-19(20,21)15-25-18-9-13-24(14-17(18)23-2)12-8-16-6-4-3-5-7-16;1-3-8-13-12-7-5-6-10(9-14)11(12)4-2;1-2/h16,22H,2-15H2,1H3;4-9H,2-3H2,1H3;2H2,1H3. The molecular formula is C32H51F2N5OS. The lowest BCUT2D eigenvalue weighted by Crippen LogP contribution is -2.33. The normalized spacial score (nSPS) is 16.4. The van der Waals surface area contributed by atoms with Crippen molar-refractivity contribution in [3.8, 4) is 0 Å². The zero-order valence-electron chi connectivity index (χ0n) is 25.3. The van der Waals surface area contributed by atoms with Crippen LogP contribution in [0.1, 0.15) is 80.6 Å². The van der Waals surface area contributed by atoms with Crippen molar-refractivity contribution in [2.45, 2.75) is 70.6 Å². The van der Waals surface area contributed by atoms with Gasteiger partial charge in [-0.1, -0.05) is 63.8 Å². The smallest absolute Gasteiger partial charge is 0.258 e. The number of nitrogens with one attached hydrogen (secondary N) is 1. The van der Waals surface area contributed by atoms with Gasteiger partial charge in [-0.25, -0.2) is 8.78 Å². The largest absolute Gasteiger partial charge is 0.333 e. The molecule has 1 saturated carbocycles. The predicted octanol–water partition coefficient (Wildman–Crippen LogP) is 7.38. The molecule has 1 aliphatic heterocycles. The number of halogens is 2. The Balaban J connectivity index is 0.000000445. The number of carbonyl (C=O) groups is 1. The van der Waals surface area contributed by atoms with E-state index in [-0.39, 0.29) is 12.2 Å². The molecule has 1 aromatic rings. The molecule has 41 heavy (non-hydrogen) atoms. The predicted molar refractivity (Wildman–Crippen MR) is 175 cm³/mol. The molecule has 0 spiro atoms. The van der Waals surface area contributed by atoms with Crippen LogP contribution < -0.4 is 11.1 Å². The Bertz CT molecular complexity index is 977. The van der Waals surface area contributed by atoms with Crippen molar-refractivity contribution in [2.24, 2.45) is 21.6 Å². The van der Waals surface area contributed by atoms with Crippen LogP contribution >= 0.6 is 11.8 Å². The van der Waals surface area contributed by atoms with Crippen LogP contribution in [0.25, 0.3) is 6.08 Å². The maximum Gasteiger partial charge on any atom is 0.258 e. The highest BCUT2D eigenvalue weighted by molar-refractivity contribution is 8.03. The second-order valence-electron chi connectivity index (χ2n) is 10.2. The third kappa shape index (κ3) is 14.0. The number of nitrogens with zero attached hydrogens (tertiary/aromatic N) is 3. The molecule has 3 rings (SSSR count). The molecule has 1 aromatic carbocycles. The lowest BCUT2D eigenvalue weighted by atomic mass is 9.87. The van der Waals surface area contributed by atoms with Gasteiger partial charge >= 0.3 is 0 Å². The molecule has 3 N–H and O–H groups in total. The molecule has 1 aliphatic carbocycles. The number of thioether (sulfide) groups is 1. The van der Waals surface area contributed by atoms with Gasteiger partial charge in [-0.05, 0) is 58.6 Å². The second kappa shape index (κ2) is 21.5. The van der Waals surface area contributed by atoms with Crippen molar-refractivity contribution in [1.29, 1.82) is 0 Å². The third-order valence-electron chi connectivity index (χ3n) is 7.18. The molecule has 9 heteroatoms. The summed E-state index contributed by atoms with van der Waals surface area (Å²) in [6.45, 7) is 12.5. The van der Waals surface area contributed by atoms with E-state index in [1.807, 2.05) is 25.3 Å². The quantitative estimate of drug-likeness (QED) is 0.174. The molecule has 6 nitrogen and oxygen atoms in total. The average Bonchev–Trinajstić information content (AvgIpc) is 3.02. The lowest BCUT2D eigenvalue weighted by Gasteiger charge is -2.31. The van der Waals surface area contributed by atoms with Crippen LogP contribution in [0.3, 0.4) is 0 Å².